The Hall–Kier alpha value is -2.38. The lowest BCUT2D eigenvalue weighted by molar-refractivity contribution is 0.0939. The van der Waals surface area contributed by atoms with Crippen LogP contribution in [-0.4, -0.2) is 37.8 Å². The predicted octanol–water partition coefficient (Wildman–Crippen LogP) is 4.00. The topological polar surface area (TPSA) is 75.7 Å². The van der Waals surface area contributed by atoms with E-state index in [0.29, 0.717) is 18.7 Å². The Morgan fingerprint density at radius 2 is 1.66 bits per heavy atom. The molecule has 1 unspecified atom stereocenters. The molecule has 0 bridgehead atoms. The Balaban J connectivity index is 2.11. The molecule has 0 spiro atoms. The van der Waals surface area contributed by atoms with E-state index in [2.05, 4.69) is 5.32 Å². The number of amides is 1. The van der Waals surface area contributed by atoms with Gasteiger partial charge in [0.1, 0.15) is 5.75 Å². The second-order valence-corrected chi connectivity index (χ2v) is 8.99. The van der Waals surface area contributed by atoms with Crippen molar-refractivity contribution in [1.29, 1.82) is 0 Å². The highest BCUT2D eigenvalue weighted by Crippen LogP contribution is 2.21. The maximum atomic E-state index is 12.6. The van der Waals surface area contributed by atoms with Crippen molar-refractivity contribution in [3.05, 3.63) is 59.7 Å². The van der Waals surface area contributed by atoms with Gasteiger partial charge in [0.15, 0.2) is 0 Å². The summed E-state index contributed by atoms with van der Waals surface area (Å²) in [5, 5.41) is 2.94. The molecule has 0 aliphatic rings. The summed E-state index contributed by atoms with van der Waals surface area (Å²) in [6, 6.07) is 13.4. The van der Waals surface area contributed by atoms with Crippen LogP contribution in [0.2, 0.25) is 0 Å². The molecule has 7 heteroatoms. The Labute approximate surface area is 173 Å². The molecule has 0 aliphatic carbocycles. The van der Waals surface area contributed by atoms with Crippen LogP contribution < -0.4 is 10.1 Å². The lowest BCUT2D eigenvalue weighted by atomic mass is 10.1. The van der Waals surface area contributed by atoms with Crippen LogP contribution >= 0.6 is 0 Å². The number of rotatable bonds is 9. The van der Waals surface area contributed by atoms with Crippen molar-refractivity contribution in [2.45, 2.75) is 51.7 Å². The number of benzene rings is 2. The van der Waals surface area contributed by atoms with Crippen LogP contribution in [0.5, 0.6) is 5.75 Å². The Morgan fingerprint density at radius 3 is 2.21 bits per heavy atom. The highest BCUT2D eigenvalue weighted by Gasteiger charge is 2.22. The summed E-state index contributed by atoms with van der Waals surface area (Å²) in [5.74, 6) is 0.490. The number of nitrogens with one attached hydrogen (secondary N) is 1. The van der Waals surface area contributed by atoms with Crippen LogP contribution in [0, 0.1) is 0 Å². The highest BCUT2D eigenvalue weighted by atomic mass is 32.2. The molecule has 0 aromatic heterocycles. The largest absolute Gasteiger partial charge is 0.491 e. The van der Waals surface area contributed by atoms with Crippen LogP contribution in [0.4, 0.5) is 0 Å². The molecule has 1 N–H and O–H groups in total. The van der Waals surface area contributed by atoms with Crippen molar-refractivity contribution < 1.29 is 17.9 Å². The zero-order valence-corrected chi connectivity index (χ0v) is 18.5. The van der Waals surface area contributed by atoms with E-state index in [-0.39, 0.29) is 22.9 Å². The molecule has 158 valence electrons. The second-order valence-electron chi connectivity index (χ2n) is 7.05. The number of sulfonamides is 1. The first-order chi connectivity index (χ1) is 13.7. The minimum absolute atomic E-state index is 0.0706. The molecule has 0 heterocycles. The monoisotopic (exact) mass is 418 g/mol. The summed E-state index contributed by atoms with van der Waals surface area (Å²) in [4.78, 5) is 12.8. The Morgan fingerprint density at radius 1 is 1.03 bits per heavy atom. The summed E-state index contributed by atoms with van der Waals surface area (Å²) in [5.41, 5.74) is 1.34. The molecule has 0 aliphatic heterocycles. The first-order valence-electron chi connectivity index (χ1n) is 9.86. The molecule has 0 saturated carbocycles. The molecule has 29 heavy (non-hydrogen) atoms. The normalized spacial score (nSPS) is 12.8. The molecule has 0 saturated heterocycles. The Kier molecular flexibility index (Phi) is 7.81. The molecule has 0 fully saturated rings. The minimum atomic E-state index is -3.54. The van der Waals surface area contributed by atoms with E-state index in [1.165, 1.54) is 28.6 Å². The van der Waals surface area contributed by atoms with E-state index in [0.717, 1.165) is 11.3 Å². The van der Waals surface area contributed by atoms with E-state index in [1.54, 1.807) is 13.8 Å². The van der Waals surface area contributed by atoms with Crippen LogP contribution in [-0.2, 0) is 10.0 Å². The smallest absolute Gasteiger partial charge is 0.251 e. The number of hydrogen-bond donors (Lipinski definition) is 1. The third kappa shape index (κ3) is 5.81. The number of hydrogen-bond acceptors (Lipinski definition) is 4. The number of carbonyl (C=O) groups excluding carboxylic acids is 1. The van der Waals surface area contributed by atoms with Crippen molar-refractivity contribution in [1.82, 2.24) is 9.62 Å². The first-order valence-corrected chi connectivity index (χ1v) is 11.3. The van der Waals surface area contributed by atoms with Crippen molar-refractivity contribution in [2.75, 3.05) is 13.1 Å². The minimum Gasteiger partial charge on any atom is -0.491 e. The van der Waals surface area contributed by atoms with E-state index in [4.69, 9.17) is 4.74 Å². The summed E-state index contributed by atoms with van der Waals surface area (Å²) in [7, 11) is -3.54. The standard InChI is InChI=1S/C22H30N2O4S/c1-6-24(7-2)29(26,27)21-13-11-18(12-14-21)22(25)23-17(5)19-9-8-10-20(15-19)28-16(3)4/h8-17H,6-7H2,1-5H3,(H,23,25). The highest BCUT2D eigenvalue weighted by molar-refractivity contribution is 7.89. The van der Waals surface area contributed by atoms with Crippen LogP contribution in [0.1, 0.15) is 56.6 Å². The summed E-state index contributed by atoms with van der Waals surface area (Å²) in [6.07, 6.45) is 0.0706. The lowest BCUT2D eigenvalue weighted by Crippen LogP contribution is -2.30. The van der Waals surface area contributed by atoms with Crippen molar-refractivity contribution in [3.8, 4) is 5.75 Å². The van der Waals surface area contributed by atoms with Gasteiger partial charge >= 0.3 is 0 Å². The average Bonchev–Trinajstić information content (AvgIpc) is 2.68. The molecule has 2 aromatic carbocycles. The van der Waals surface area contributed by atoms with Gasteiger partial charge in [-0.1, -0.05) is 26.0 Å². The van der Waals surface area contributed by atoms with Gasteiger partial charge < -0.3 is 10.1 Å². The summed E-state index contributed by atoms with van der Waals surface area (Å²) >= 11 is 0. The molecule has 6 nitrogen and oxygen atoms in total. The fourth-order valence-electron chi connectivity index (χ4n) is 2.98. The van der Waals surface area contributed by atoms with Gasteiger partial charge in [0, 0.05) is 18.7 Å². The molecular formula is C22H30N2O4S. The maximum absolute atomic E-state index is 12.6. The van der Waals surface area contributed by atoms with Gasteiger partial charge in [0.25, 0.3) is 5.91 Å². The summed E-state index contributed by atoms with van der Waals surface area (Å²) < 4.78 is 32.2. The van der Waals surface area contributed by atoms with E-state index in [9.17, 15) is 13.2 Å². The fourth-order valence-corrected chi connectivity index (χ4v) is 4.44. The second kappa shape index (κ2) is 9.89. The molecular weight excluding hydrogens is 388 g/mol. The Bertz CT molecular complexity index is 920. The van der Waals surface area contributed by atoms with Gasteiger partial charge in [-0.15, -0.1) is 0 Å². The molecule has 1 amide bonds. The number of carbonyl (C=O) groups is 1. The number of nitrogens with zero attached hydrogens (tertiary/aromatic N) is 1. The third-order valence-corrected chi connectivity index (χ3v) is 6.60. The van der Waals surface area contributed by atoms with E-state index < -0.39 is 10.0 Å². The van der Waals surface area contributed by atoms with Crippen molar-refractivity contribution in [3.63, 3.8) is 0 Å². The molecule has 2 rings (SSSR count). The summed E-state index contributed by atoms with van der Waals surface area (Å²) in [6.45, 7) is 10.2. The van der Waals surface area contributed by atoms with Gasteiger partial charge in [-0.05, 0) is 62.7 Å². The molecule has 0 radical (unpaired) electrons. The van der Waals surface area contributed by atoms with Crippen molar-refractivity contribution in [2.24, 2.45) is 0 Å². The predicted molar refractivity (Wildman–Crippen MR) is 115 cm³/mol. The quantitative estimate of drug-likeness (QED) is 0.668. The average molecular weight is 419 g/mol. The van der Waals surface area contributed by atoms with Gasteiger partial charge in [0.05, 0.1) is 17.0 Å². The van der Waals surface area contributed by atoms with Crippen LogP contribution in [0.3, 0.4) is 0 Å². The fraction of sp³-hybridized carbons (Fsp3) is 0.409. The molecule has 1 atom stereocenters. The molecule has 2 aromatic rings. The zero-order chi connectivity index (χ0) is 21.6. The van der Waals surface area contributed by atoms with E-state index >= 15 is 0 Å². The lowest BCUT2D eigenvalue weighted by Gasteiger charge is -2.19. The van der Waals surface area contributed by atoms with Crippen LogP contribution in [0.25, 0.3) is 0 Å². The van der Waals surface area contributed by atoms with E-state index in [1.807, 2.05) is 45.0 Å². The van der Waals surface area contributed by atoms with Crippen molar-refractivity contribution >= 4 is 15.9 Å². The van der Waals surface area contributed by atoms with Gasteiger partial charge in [-0.25, -0.2) is 8.42 Å². The maximum Gasteiger partial charge on any atom is 0.251 e. The van der Waals surface area contributed by atoms with Gasteiger partial charge in [0.2, 0.25) is 10.0 Å². The number of ether oxygens (including phenoxy) is 1. The van der Waals surface area contributed by atoms with Gasteiger partial charge in [-0.2, -0.15) is 4.31 Å². The van der Waals surface area contributed by atoms with Crippen LogP contribution in [0.15, 0.2) is 53.4 Å². The zero-order valence-electron chi connectivity index (χ0n) is 17.7. The van der Waals surface area contributed by atoms with Gasteiger partial charge in [-0.3, -0.25) is 4.79 Å². The first kappa shape index (κ1) is 22.9. The third-order valence-electron chi connectivity index (χ3n) is 4.54. The SMILES string of the molecule is CCN(CC)S(=O)(=O)c1ccc(C(=O)NC(C)c2cccc(OC(C)C)c2)cc1.